The van der Waals surface area contributed by atoms with E-state index in [-0.39, 0.29) is 11.3 Å². The molecule has 104 valence electrons. The van der Waals surface area contributed by atoms with E-state index in [1.54, 1.807) is 0 Å². The van der Waals surface area contributed by atoms with E-state index in [0.29, 0.717) is 17.8 Å². The summed E-state index contributed by atoms with van der Waals surface area (Å²) >= 11 is 0. The van der Waals surface area contributed by atoms with Gasteiger partial charge in [0.25, 0.3) is 0 Å². The van der Waals surface area contributed by atoms with Crippen molar-refractivity contribution in [1.29, 1.82) is 0 Å². The van der Waals surface area contributed by atoms with Crippen LogP contribution in [0, 0.1) is 17.5 Å². The minimum atomic E-state index is -1.36. The average Bonchev–Trinajstić information content (AvgIpc) is 2.42. The Morgan fingerprint density at radius 3 is 2.30 bits per heavy atom. The number of methoxy groups -OCH3 is 1. The fraction of sp³-hybridized carbons (Fsp3) is 0.0714. The molecule has 2 aromatic carbocycles. The first-order valence-corrected chi connectivity index (χ1v) is 5.56. The van der Waals surface area contributed by atoms with Gasteiger partial charge in [-0.2, -0.15) is 0 Å². The third-order valence-corrected chi connectivity index (χ3v) is 2.72. The van der Waals surface area contributed by atoms with E-state index in [9.17, 15) is 18.0 Å². The molecule has 0 aromatic heterocycles. The van der Waals surface area contributed by atoms with E-state index in [2.05, 4.69) is 0 Å². The van der Waals surface area contributed by atoms with Crippen molar-refractivity contribution < 1.29 is 22.7 Å². The molecule has 20 heavy (non-hydrogen) atoms. The molecule has 0 unspecified atom stereocenters. The van der Waals surface area contributed by atoms with Crippen molar-refractivity contribution in [3.05, 3.63) is 58.9 Å². The number of hydrogen-bond acceptors (Lipinski definition) is 3. The summed E-state index contributed by atoms with van der Waals surface area (Å²) in [5, 5.41) is 0. The number of ether oxygens (including phenoxy) is 1. The summed E-state index contributed by atoms with van der Waals surface area (Å²) < 4.78 is 44.6. The summed E-state index contributed by atoms with van der Waals surface area (Å²) in [5.74, 6) is -4.50. The van der Waals surface area contributed by atoms with Crippen LogP contribution in [0.15, 0.2) is 30.3 Å². The predicted octanol–water partition coefficient (Wildman–Crippen LogP) is 2.93. The van der Waals surface area contributed by atoms with Gasteiger partial charge in [0.1, 0.15) is 11.6 Å². The average molecular weight is 281 g/mol. The molecule has 0 saturated carbocycles. The first-order chi connectivity index (χ1) is 9.43. The highest BCUT2D eigenvalue weighted by molar-refractivity contribution is 6.11. The maximum Gasteiger partial charge on any atom is 0.199 e. The summed E-state index contributed by atoms with van der Waals surface area (Å²) in [6.07, 6.45) is 0. The largest absolute Gasteiger partial charge is 0.496 e. The first kappa shape index (κ1) is 13.9. The van der Waals surface area contributed by atoms with Crippen LogP contribution in [0.3, 0.4) is 0 Å². The van der Waals surface area contributed by atoms with Gasteiger partial charge in [-0.25, -0.2) is 13.2 Å². The molecule has 2 N–H and O–H groups in total. The molecule has 2 aromatic rings. The van der Waals surface area contributed by atoms with Gasteiger partial charge in [-0.3, -0.25) is 4.79 Å². The number of nitrogen functional groups attached to an aromatic ring is 1. The van der Waals surface area contributed by atoms with Crippen LogP contribution < -0.4 is 10.5 Å². The molecule has 0 heterocycles. The molecule has 0 fully saturated rings. The second-order valence-electron chi connectivity index (χ2n) is 4.04. The van der Waals surface area contributed by atoms with Gasteiger partial charge in [0.05, 0.1) is 18.2 Å². The minimum Gasteiger partial charge on any atom is -0.496 e. The number of benzene rings is 2. The Morgan fingerprint density at radius 2 is 1.65 bits per heavy atom. The Balaban J connectivity index is 2.54. The SMILES string of the molecule is COc1cc(N)ccc1C(=O)c1cc(F)c(F)cc1F. The van der Waals surface area contributed by atoms with Crippen molar-refractivity contribution in [3.63, 3.8) is 0 Å². The van der Waals surface area contributed by atoms with Gasteiger partial charge in [0.15, 0.2) is 17.4 Å². The van der Waals surface area contributed by atoms with Crippen LogP contribution in [0.2, 0.25) is 0 Å². The maximum atomic E-state index is 13.6. The molecular weight excluding hydrogens is 271 g/mol. The van der Waals surface area contributed by atoms with Crippen LogP contribution in [0.4, 0.5) is 18.9 Å². The molecule has 0 spiro atoms. The minimum absolute atomic E-state index is 0.00612. The summed E-state index contributed by atoms with van der Waals surface area (Å²) in [4.78, 5) is 12.2. The molecule has 2 rings (SSSR count). The van der Waals surface area contributed by atoms with Crippen LogP contribution >= 0.6 is 0 Å². The van der Waals surface area contributed by atoms with Crippen LogP contribution in [-0.4, -0.2) is 12.9 Å². The van der Waals surface area contributed by atoms with Crippen LogP contribution in [0.5, 0.6) is 5.75 Å². The van der Waals surface area contributed by atoms with Crippen molar-refractivity contribution in [2.45, 2.75) is 0 Å². The third-order valence-electron chi connectivity index (χ3n) is 2.72. The van der Waals surface area contributed by atoms with Gasteiger partial charge >= 0.3 is 0 Å². The fourth-order valence-corrected chi connectivity index (χ4v) is 1.74. The number of anilines is 1. The molecule has 0 atom stereocenters. The lowest BCUT2D eigenvalue weighted by Gasteiger charge is -2.09. The van der Waals surface area contributed by atoms with Crippen molar-refractivity contribution >= 4 is 11.5 Å². The Hall–Kier alpha value is -2.50. The number of ketones is 1. The van der Waals surface area contributed by atoms with E-state index in [1.807, 2.05) is 0 Å². The lowest BCUT2D eigenvalue weighted by atomic mass is 10.0. The number of rotatable bonds is 3. The van der Waals surface area contributed by atoms with Gasteiger partial charge in [0.2, 0.25) is 0 Å². The molecule has 6 heteroatoms. The van der Waals surface area contributed by atoms with Gasteiger partial charge in [-0.15, -0.1) is 0 Å². The smallest absolute Gasteiger partial charge is 0.199 e. The number of halogens is 3. The van der Waals surface area contributed by atoms with Crippen LogP contribution in [0.1, 0.15) is 15.9 Å². The Morgan fingerprint density at radius 1 is 1.00 bits per heavy atom. The van der Waals surface area contributed by atoms with E-state index in [1.165, 1.54) is 25.3 Å². The number of hydrogen-bond donors (Lipinski definition) is 1. The zero-order valence-corrected chi connectivity index (χ0v) is 10.4. The lowest BCUT2D eigenvalue weighted by molar-refractivity contribution is 0.103. The zero-order chi connectivity index (χ0) is 14.9. The van der Waals surface area contributed by atoms with Crippen molar-refractivity contribution in [2.24, 2.45) is 0 Å². The fourth-order valence-electron chi connectivity index (χ4n) is 1.74. The summed E-state index contributed by atoms with van der Waals surface area (Å²) in [6.45, 7) is 0. The van der Waals surface area contributed by atoms with Crippen LogP contribution in [-0.2, 0) is 0 Å². The van der Waals surface area contributed by atoms with Crippen molar-refractivity contribution in [1.82, 2.24) is 0 Å². The van der Waals surface area contributed by atoms with Gasteiger partial charge in [0, 0.05) is 17.8 Å². The topological polar surface area (TPSA) is 52.3 Å². The van der Waals surface area contributed by atoms with E-state index in [4.69, 9.17) is 10.5 Å². The molecule has 0 amide bonds. The Kier molecular flexibility index (Phi) is 3.65. The second kappa shape index (κ2) is 5.24. The van der Waals surface area contributed by atoms with E-state index >= 15 is 0 Å². The predicted molar refractivity (Wildman–Crippen MR) is 67.2 cm³/mol. The summed E-state index contributed by atoms with van der Waals surface area (Å²) in [6, 6.07) is 4.98. The van der Waals surface area contributed by atoms with E-state index in [0.717, 1.165) is 0 Å². The lowest BCUT2D eigenvalue weighted by Crippen LogP contribution is -2.08. The third kappa shape index (κ3) is 2.45. The highest BCUT2D eigenvalue weighted by atomic mass is 19.2. The van der Waals surface area contributed by atoms with Crippen molar-refractivity contribution in [3.8, 4) is 5.75 Å². The molecular formula is C14H10F3NO2. The number of carbonyl (C=O) groups excluding carboxylic acids is 1. The standard InChI is InChI=1S/C14H10F3NO2/c1-20-13-4-7(18)2-3-8(13)14(19)9-5-11(16)12(17)6-10(9)15/h2-6H,18H2,1H3. The molecule has 0 aliphatic heterocycles. The quantitative estimate of drug-likeness (QED) is 0.534. The Labute approximate surface area is 112 Å². The Bertz CT molecular complexity index is 686. The molecule has 0 radical (unpaired) electrons. The monoisotopic (exact) mass is 281 g/mol. The molecule has 0 aliphatic carbocycles. The summed E-state index contributed by atoms with van der Waals surface area (Å²) in [5.41, 5.74) is 5.32. The summed E-state index contributed by atoms with van der Waals surface area (Å²) in [7, 11) is 1.31. The van der Waals surface area contributed by atoms with Gasteiger partial charge in [-0.1, -0.05) is 0 Å². The number of nitrogens with two attached hydrogens (primary N) is 1. The molecule has 0 bridgehead atoms. The van der Waals surface area contributed by atoms with Crippen LogP contribution in [0.25, 0.3) is 0 Å². The van der Waals surface area contributed by atoms with Gasteiger partial charge in [-0.05, 0) is 18.2 Å². The highest BCUT2D eigenvalue weighted by Crippen LogP contribution is 2.26. The second-order valence-corrected chi connectivity index (χ2v) is 4.04. The highest BCUT2D eigenvalue weighted by Gasteiger charge is 2.20. The van der Waals surface area contributed by atoms with E-state index < -0.39 is 28.8 Å². The number of carbonyl (C=O) groups is 1. The molecule has 0 saturated heterocycles. The van der Waals surface area contributed by atoms with Crippen molar-refractivity contribution in [2.75, 3.05) is 12.8 Å². The van der Waals surface area contributed by atoms with Gasteiger partial charge < -0.3 is 10.5 Å². The first-order valence-electron chi connectivity index (χ1n) is 5.56. The molecule has 0 aliphatic rings. The maximum absolute atomic E-state index is 13.6. The zero-order valence-electron chi connectivity index (χ0n) is 10.4. The molecule has 3 nitrogen and oxygen atoms in total. The normalized spacial score (nSPS) is 10.4.